The van der Waals surface area contributed by atoms with Crippen LogP contribution >= 0.6 is 0 Å². The Balaban J connectivity index is 1.93. The van der Waals surface area contributed by atoms with Crippen LogP contribution < -0.4 is 10.5 Å². The van der Waals surface area contributed by atoms with Crippen LogP contribution in [0.1, 0.15) is 30.5 Å². The maximum absolute atomic E-state index is 12.7. The number of halogens is 3. The molecule has 0 radical (unpaired) electrons. The summed E-state index contributed by atoms with van der Waals surface area (Å²) in [6.45, 7) is 3.16. The Labute approximate surface area is 183 Å². The number of amidine groups is 2. The van der Waals surface area contributed by atoms with Crippen molar-refractivity contribution in [2.75, 3.05) is 13.7 Å². The van der Waals surface area contributed by atoms with Gasteiger partial charge in [-0.3, -0.25) is 4.99 Å². The Morgan fingerprint density at radius 1 is 1.06 bits per heavy atom. The Morgan fingerprint density at radius 2 is 1.66 bits per heavy atom. The van der Waals surface area contributed by atoms with Gasteiger partial charge in [-0.1, -0.05) is 24.3 Å². The number of carboxylic acid groups (broad SMARTS) is 1. The van der Waals surface area contributed by atoms with Crippen LogP contribution in [-0.4, -0.2) is 42.0 Å². The molecule has 2 aromatic carbocycles. The highest BCUT2D eigenvalue weighted by Gasteiger charge is 2.30. The van der Waals surface area contributed by atoms with E-state index < -0.39 is 23.3 Å². The zero-order valence-electron chi connectivity index (χ0n) is 17.8. The molecular formula is C22H24F3N3O4. The second-order valence-electron chi connectivity index (χ2n) is 7.27. The van der Waals surface area contributed by atoms with Crippen LogP contribution in [0.4, 0.5) is 13.2 Å². The van der Waals surface area contributed by atoms with Crippen molar-refractivity contribution in [1.29, 1.82) is 0 Å². The molecule has 0 aromatic heterocycles. The summed E-state index contributed by atoms with van der Waals surface area (Å²) in [6.07, 6.45) is -4.43. The molecule has 172 valence electrons. The topological polar surface area (TPSA) is 106 Å². The molecule has 2 aromatic rings. The number of nitrogens with zero attached hydrogens (tertiary/aromatic N) is 2. The molecule has 32 heavy (non-hydrogen) atoms. The van der Waals surface area contributed by atoms with Crippen LogP contribution in [0, 0.1) is 0 Å². The zero-order valence-corrected chi connectivity index (χ0v) is 17.8. The van der Waals surface area contributed by atoms with Crippen molar-refractivity contribution in [1.82, 2.24) is 0 Å². The van der Waals surface area contributed by atoms with Crippen LogP contribution in [0.2, 0.25) is 0 Å². The van der Waals surface area contributed by atoms with Gasteiger partial charge in [0.25, 0.3) is 0 Å². The average Bonchev–Trinajstić information content (AvgIpc) is 2.73. The van der Waals surface area contributed by atoms with Crippen molar-refractivity contribution in [2.24, 2.45) is 15.7 Å². The molecule has 0 heterocycles. The molecule has 3 N–H and O–H groups in total. The number of ether oxygens (including phenoxy) is 2. The normalized spacial score (nSPS) is 13.2. The Bertz CT molecular complexity index is 983. The first-order valence-electron chi connectivity index (χ1n) is 9.49. The molecule has 0 atom stereocenters. The molecule has 2 rings (SSSR count). The van der Waals surface area contributed by atoms with Crippen LogP contribution in [0.15, 0.2) is 58.5 Å². The van der Waals surface area contributed by atoms with E-state index in [0.717, 1.165) is 17.7 Å². The van der Waals surface area contributed by atoms with Gasteiger partial charge in [-0.2, -0.15) is 13.2 Å². The van der Waals surface area contributed by atoms with Crippen LogP contribution in [-0.2, 0) is 22.3 Å². The van der Waals surface area contributed by atoms with Crippen LogP contribution in [0.25, 0.3) is 0 Å². The van der Waals surface area contributed by atoms with Gasteiger partial charge < -0.3 is 20.3 Å². The lowest BCUT2D eigenvalue weighted by Gasteiger charge is -2.21. The third-order valence-electron chi connectivity index (χ3n) is 4.33. The molecule has 0 unspecified atom stereocenters. The minimum absolute atomic E-state index is 0.0190. The van der Waals surface area contributed by atoms with E-state index in [9.17, 15) is 18.0 Å². The smallest absolute Gasteiger partial charge is 0.416 e. The van der Waals surface area contributed by atoms with E-state index in [1.165, 1.54) is 33.0 Å². The van der Waals surface area contributed by atoms with Gasteiger partial charge in [0.1, 0.15) is 18.2 Å². The number of aliphatic imine (C=N–C) groups is 2. The highest BCUT2D eigenvalue weighted by Crippen LogP contribution is 2.29. The van der Waals surface area contributed by atoms with Gasteiger partial charge in [0.15, 0.2) is 11.4 Å². The maximum atomic E-state index is 12.7. The molecule has 0 amide bonds. The van der Waals surface area contributed by atoms with Gasteiger partial charge in [0.05, 0.1) is 12.2 Å². The largest absolute Gasteiger partial charge is 0.478 e. The fraction of sp³-hybridized carbons (Fsp3) is 0.318. The monoisotopic (exact) mass is 451 g/mol. The van der Waals surface area contributed by atoms with Crippen molar-refractivity contribution in [3.63, 3.8) is 0 Å². The van der Waals surface area contributed by atoms with Crippen LogP contribution in [0.3, 0.4) is 0 Å². The highest BCUT2D eigenvalue weighted by molar-refractivity contribution is 6.05. The number of hydrogen-bond donors (Lipinski definition) is 2. The second kappa shape index (κ2) is 10.3. The predicted octanol–water partition coefficient (Wildman–Crippen LogP) is 3.90. The molecular weight excluding hydrogens is 427 g/mol. The summed E-state index contributed by atoms with van der Waals surface area (Å²) in [5.74, 6) is -0.380. The summed E-state index contributed by atoms with van der Waals surface area (Å²) in [4.78, 5) is 19.2. The summed E-state index contributed by atoms with van der Waals surface area (Å²) >= 11 is 0. The predicted molar refractivity (Wildman–Crippen MR) is 114 cm³/mol. The molecule has 0 fully saturated rings. The van der Waals surface area contributed by atoms with Gasteiger partial charge in [0.2, 0.25) is 0 Å². The molecule has 10 heteroatoms. The van der Waals surface area contributed by atoms with Gasteiger partial charge >= 0.3 is 12.1 Å². The standard InChI is InChI=1S/C22H24F3N3O4/c1-21(2,20(29)30)32-17-10-4-14(5-11-17)12-31-13-18(27-3)28-19(26)15-6-8-16(9-7-15)22(23,24)25/h4-11H,12-13H2,1-3H3,(H,29,30)(H2,26,27,28). The quantitative estimate of drug-likeness (QED) is 0.468. The van der Waals surface area contributed by atoms with E-state index in [4.69, 9.17) is 20.3 Å². The van der Waals surface area contributed by atoms with Crippen molar-refractivity contribution < 1.29 is 32.5 Å². The van der Waals surface area contributed by atoms with Gasteiger partial charge in [-0.05, 0) is 43.7 Å². The minimum Gasteiger partial charge on any atom is -0.478 e. The summed E-state index contributed by atoms with van der Waals surface area (Å²) in [5, 5.41) is 9.11. The lowest BCUT2D eigenvalue weighted by Crippen LogP contribution is -2.37. The summed E-state index contributed by atoms with van der Waals surface area (Å²) < 4.78 is 49.0. The minimum atomic E-state index is -4.43. The number of nitrogens with two attached hydrogens (primary N) is 1. The first-order valence-corrected chi connectivity index (χ1v) is 9.49. The molecule has 7 nitrogen and oxygen atoms in total. The lowest BCUT2D eigenvalue weighted by molar-refractivity contribution is -0.152. The van der Waals surface area contributed by atoms with E-state index in [2.05, 4.69) is 9.98 Å². The average molecular weight is 451 g/mol. The Hall–Kier alpha value is -3.40. The second-order valence-corrected chi connectivity index (χ2v) is 7.27. The van der Waals surface area contributed by atoms with E-state index in [-0.39, 0.29) is 24.9 Å². The highest BCUT2D eigenvalue weighted by atomic mass is 19.4. The molecule has 0 bridgehead atoms. The van der Waals surface area contributed by atoms with E-state index in [0.29, 0.717) is 11.3 Å². The number of hydrogen-bond acceptors (Lipinski definition) is 4. The fourth-order valence-electron chi connectivity index (χ4n) is 2.43. The third-order valence-corrected chi connectivity index (χ3v) is 4.33. The number of aliphatic carboxylic acids is 1. The first-order chi connectivity index (χ1) is 14.9. The zero-order chi connectivity index (χ0) is 23.9. The summed E-state index contributed by atoms with van der Waals surface area (Å²) in [6, 6.07) is 11.1. The van der Waals surface area contributed by atoms with E-state index in [1.54, 1.807) is 24.3 Å². The van der Waals surface area contributed by atoms with E-state index >= 15 is 0 Å². The maximum Gasteiger partial charge on any atom is 0.416 e. The summed E-state index contributed by atoms with van der Waals surface area (Å²) in [7, 11) is 1.50. The van der Waals surface area contributed by atoms with Gasteiger partial charge in [0, 0.05) is 12.6 Å². The molecule has 0 aliphatic rings. The SMILES string of the molecule is CN=C(COCc1ccc(OC(C)(C)C(=O)O)cc1)N=C(N)c1ccc(C(F)(F)F)cc1. The van der Waals surface area contributed by atoms with Crippen molar-refractivity contribution in [3.05, 3.63) is 65.2 Å². The molecule has 0 saturated carbocycles. The molecule has 0 saturated heterocycles. The summed E-state index contributed by atoms with van der Waals surface area (Å²) in [5.41, 5.74) is 4.89. The lowest BCUT2D eigenvalue weighted by atomic mass is 10.1. The fourth-order valence-corrected chi connectivity index (χ4v) is 2.43. The van der Waals surface area contributed by atoms with Crippen LogP contribution in [0.5, 0.6) is 5.75 Å². The number of alkyl halides is 3. The van der Waals surface area contributed by atoms with Crippen molar-refractivity contribution in [3.8, 4) is 5.75 Å². The van der Waals surface area contributed by atoms with E-state index in [1.807, 2.05) is 0 Å². The first kappa shape index (κ1) is 24.9. The number of rotatable bonds is 8. The Kier molecular flexibility index (Phi) is 7.98. The Morgan fingerprint density at radius 3 is 2.16 bits per heavy atom. The van der Waals surface area contributed by atoms with Crippen molar-refractivity contribution >= 4 is 17.6 Å². The number of carbonyl (C=O) groups is 1. The number of carboxylic acids is 1. The molecule has 0 aliphatic heterocycles. The molecule has 0 spiro atoms. The molecule has 0 aliphatic carbocycles. The number of benzene rings is 2. The van der Waals surface area contributed by atoms with Gasteiger partial charge in [-0.25, -0.2) is 9.79 Å². The van der Waals surface area contributed by atoms with Gasteiger partial charge in [-0.15, -0.1) is 0 Å². The third kappa shape index (κ3) is 7.09. The van der Waals surface area contributed by atoms with Crippen molar-refractivity contribution in [2.45, 2.75) is 32.2 Å².